The van der Waals surface area contributed by atoms with Crippen LogP contribution >= 0.6 is 24.8 Å². The lowest BCUT2D eigenvalue weighted by Crippen LogP contribution is -2.45. The zero-order valence-electron chi connectivity index (χ0n) is 12.4. The second-order valence-electron chi connectivity index (χ2n) is 5.02. The fourth-order valence-corrected chi connectivity index (χ4v) is 2.44. The van der Waals surface area contributed by atoms with Gasteiger partial charge in [0, 0.05) is 31.9 Å². The molecule has 6 heteroatoms. The van der Waals surface area contributed by atoms with E-state index in [1.54, 1.807) is 0 Å². The Kier molecular flexibility index (Phi) is 9.42. The van der Waals surface area contributed by atoms with Crippen molar-refractivity contribution in [1.29, 1.82) is 0 Å². The van der Waals surface area contributed by atoms with E-state index in [1.165, 1.54) is 5.69 Å². The third kappa shape index (κ3) is 5.38. The second-order valence-corrected chi connectivity index (χ2v) is 5.02. The van der Waals surface area contributed by atoms with Crippen molar-refractivity contribution < 1.29 is 4.79 Å². The average Bonchev–Trinajstić information content (AvgIpc) is 2.72. The maximum atomic E-state index is 12.1. The number of amides is 1. The number of carbonyl (C=O) groups excluding carboxylic acids is 1. The zero-order valence-corrected chi connectivity index (χ0v) is 14.0. The molecule has 4 nitrogen and oxygen atoms in total. The molecule has 1 saturated heterocycles. The van der Waals surface area contributed by atoms with Crippen LogP contribution in [0.1, 0.15) is 19.8 Å². The maximum Gasteiger partial charge on any atom is 0.239 e. The van der Waals surface area contributed by atoms with Crippen molar-refractivity contribution in [1.82, 2.24) is 4.90 Å². The van der Waals surface area contributed by atoms with Crippen LogP contribution in [-0.2, 0) is 4.79 Å². The summed E-state index contributed by atoms with van der Waals surface area (Å²) in [6.45, 7) is 5.41. The van der Waals surface area contributed by atoms with Crippen molar-refractivity contribution in [2.24, 2.45) is 5.73 Å². The Labute approximate surface area is 139 Å². The van der Waals surface area contributed by atoms with Crippen LogP contribution < -0.4 is 10.6 Å². The van der Waals surface area contributed by atoms with E-state index < -0.39 is 0 Å². The number of hydrogen-bond donors (Lipinski definition) is 1. The van der Waals surface area contributed by atoms with Gasteiger partial charge in [0.2, 0.25) is 5.91 Å². The summed E-state index contributed by atoms with van der Waals surface area (Å²) in [6, 6.07) is 10.0. The number of nitrogens with zero attached hydrogens (tertiary/aromatic N) is 2. The number of para-hydroxylation sites is 1. The molecule has 1 aromatic carbocycles. The van der Waals surface area contributed by atoms with Crippen molar-refractivity contribution in [3.63, 3.8) is 0 Å². The van der Waals surface area contributed by atoms with Gasteiger partial charge in [0.1, 0.15) is 0 Å². The van der Waals surface area contributed by atoms with Crippen LogP contribution in [0.4, 0.5) is 5.69 Å². The minimum atomic E-state index is -0.344. The minimum Gasteiger partial charge on any atom is -0.370 e. The van der Waals surface area contributed by atoms with Crippen molar-refractivity contribution in [2.75, 3.05) is 31.1 Å². The van der Waals surface area contributed by atoms with E-state index >= 15 is 0 Å². The molecule has 0 bridgehead atoms. The monoisotopic (exact) mass is 333 g/mol. The Bertz CT molecular complexity index is 417. The van der Waals surface area contributed by atoms with Crippen LogP contribution in [0.3, 0.4) is 0 Å². The second kappa shape index (κ2) is 9.87. The normalized spacial score (nSPS) is 16.3. The van der Waals surface area contributed by atoms with Gasteiger partial charge in [-0.25, -0.2) is 0 Å². The molecule has 0 saturated carbocycles. The molecule has 1 fully saturated rings. The number of carbonyl (C=O) groups is 1. The third-order valence-electron chi connectivity index (χ3n) is 3.69. The summed E-state index contributed by atoms with van der Waals surface area (Å²) < 4.78 is 0. The van der Waals surface area contributed by atoms with Crippen molar-refractivity contribution in [3.05, 3.63) is 30.3 Å². The van der Waals surface area contributed by atoms with Crippen LogP contribution in [-0.4, -0.2) is 43.0 Å². The molecule has 1 aromatic rings. The highest BCUT2D eigenvalue weighted by molar-refractivity contribution is 5.85. The van der Waals surface area contributed by atoms with Crippen molar-refractivity contribution in [2.45, 2.75) is 25.8 Å². The zero-order chi connectivity index (χ0) is 13.7. The van der Waals surface area contributed by atoms with Gasteiger partial charge in [-0.05, 0) is 25.0 Å². The molecule has 1 aliphatic rings. The van der Waals surface area contributed by atoms with Crippen LogP contribution in [0.2, 0.25) is 0 Å². The molecule has 0 unspecified atom stereocenters. The summed E-state index contributed by atoms with van der Waals surface area (Å²) >= 11 is 0. The lowest BCUT2D eigenvalue weighted by molar-refractivity contribution is -0.132. The smallest absolute Gasteiger partial charge is 0.239 e. The molecule has 1 heterocycles. The number of nitrogens with two attached hydrogens (primary N) is 1. The Hall–Kier alpha value is -0.970. The van der Waals surface area contributed by atoms with E-state index in [1.807, 2.05) is 17.9 Å². The largest absolute Gasteiger partial charge is 0.370 e. The lowest BCUT2D eigenvalue weighted by atomic mass is 10.2. The molecule has 2 N–H and O–H groups in total. The fourth-order valence-electron chi connectivity index (χ4n) is 2.44. The first-order valence-corrected chi connectivity index (χ1v) is 7.06. The topological polar surface area (TPSA) is 49.6 Å². The first kappa shape index (κ1) is 20.0. The predicted molar refractivity (Wildman–Crippen MR) is 92.6 cm³/mol. The van der Waals surface area contributed by atoms with Gasteiger partial charge < -0.3 is 15.5 Å². The molecule has 0 aliphatic carbocycles. The Balaban J connectivity index is 0.00000200. The van der Waals surface area contributed by atoms with Crippen LogP contribution in [0.5, 0.6) is 0 Å². The highest BCUT2D eigenvalue weighted by atomic mass is 35.5. The van der Waals surface area contributed by atoms with Gasteiger partial charge in [-0.1, -0.05) is 25.1 Å². The standard InChI is InChI=1S/C15H23N3O.2ClH/c1-2-14(16)15(19)18-10-6-9-17(11-12-18)13-7-4-3-5-8-13;;/h3-5,7-8,14H,2,6,9-12,16H2,1H3;2*1H/t14-;;/m0../s1. The van der Waals surface area contributed by atoms with Gasteiger partial charge in [-0.15, -0.1) is 24.8 Å². The Morgan fingerprint density at radius 1 is 1.14 bits per heavy atom. The van der Waals surface area contributed by atoms with Crippen LogP contribution in [0, 0.1) is 0 Å². The van der Waals surface area contributed by atoms with Gasteiger partial charge in [-0.3, -0.25) is 4.79 Å². The summed E-state index contributed by atoms with van der Waals surface area (Å²) in [5.41, 5.74) is 7.07. The molecular weight excluding hydrogens is 309 g/mol. The number of hydrogen-bond acceptors (Lipinski definition) is 3. The van der Waals surface area contributed by atoms with E-state index in [2.05, 4.69) is 29.2 Å². The summed E-state index contributed by atoms with van der Waals surface area (Å²) in [4.78, 5) is 16.4. The van der Waals surface area contributed by atoms with E-state index in [4.69, 9.17) is 5.73 Å². The van der Waals surface area contributed by atoms with Gasteiger partial charge >= 0.3 is 0 Å². The van der Waals surface area contributed by atoms with E-state index in [0.29, 0.717) is 6.42 Å². The van der Waals surface area contributed by atoms with Gasteiger partial charge in [0.25, 0.3) is 0 Å². The number of anilines is 1. The third-order valence-corrected chi connectivity index (χ3v) is 3.69. The summed E-state index contributed by atoms with van der Waals surface area (Å²) in [5, 5.41) is 0. The van der Waals surface area contributed by atoms with E-state index in [9.17, 15) is 4.79 Å². The quantitative estimate of drug-likeness (QED) is 0.923. The molecule has 1 aliphatic heterocycles. The molecule has 120 valence electrons. The van der Waals surface area contributed by atoms with Crippen molar-refractivity contribution >= 4 is 36.4 Å². The lowest BCUT2D eigenvalue weighted by Gasteiger charge is -2.25. The van der Waals surface area contributed by atoms with Gasteiger partial charge in [0.15, 0.2) is 0 Å². The maximum absolute atomic E-state index is 12.1. The molecule has 0 aromatic heterocycles. The minimum absolute atomic E-state index is 0. The molecule has 1 atom stereocenters. The molecule has 21 heavy (non-hydrogen) atoms. The highest BCUT2D eigenvalue weighted by Gasteiger charge is 2.22. The number of rotatable bonds is 3. The van der Waals surface area contributed by atoms with Crippen LogP contribution in [0.25, 0.3) is 0 Å². The van der Waals surface area contributed by atoms with Gasteiger partial charge in [-0.2, -0.15) is 0 Å². The SMILES string of the molecule is CC[C@H](N)C(=O)N1CCCN(c2ccccc2)CC1.Cl.Cl. The van der Waals surface area contributed by atoms with Crippen molar-refractivity contribution in [3.8, 4) is 0 Å². The summed E-state index contributed by atoms with van der Waals surface area (Å²) in [7, 11) is 0. The Morgan fingerprint density at radius 2 is 1.81 bits per heavy atom. The fraction of sp³-hybridized carbons (Fsp3) is 0.533. The van der Waals surface area contributed by atoms with Crippen LogP contribution in [0.15, 0.2) is 30.3 Å². The molecule has 0 spiro atoms. The number of halogens is 2. The molecule has 0 radical (unpaired) electrons. The highest BCUT2D eigenvalue weighted by Crippen LogP contribution is 2.16. The average molecular weight is 334 g/mol. The molecule has 2 rings (SSSR count). The molecular formula is C15H25Cl2N3O. The van der Waals surface area contributed by atoms with E-state index in [-0.39, 0.29) is 36.8 Å². The molecule has 1 amide bonds. The summed E-state index contributed by atoms with van der Waals surface area (Å²) in [6.07, 6.45) is 1.70. The first-order chi connectivity index (χ1) is 9.22. The first-order valence-electron chi connectivity index (χ1n) is 7.06. The Morgan fingerprint density at radius 3 is 2.43 bits per heavy atom. The summed E-state index contributed by atoms with van der Waals surface area (Å²) in [5.74, 6) is 0.0948. The van der Waals surface area contributed by atoms with E-state index in [0.717, 1.165) is 32.6 Å². The van der Waals surface area contributed by atoms with Gasteiger partial charge in [0.05, 0.1) is 6.04 Å². The number of benzene rings is 1. The predicted octanol–water partition coefficient (Wildman–Crippen LogP) is 2.31.